The van der Waals surface area contributed by atoms with E-state index in [-0.39, 0.29) is 12.1 Å². The number of rotatable bonds is 4. The van der Waals surface area contributed by atoms with Gasteiger partial charge in [0, 0.05) is 19.1 Å². The molecule has 2 aromatic rings. The fourth-order valence-corrected chi connectivity index (χ4v) is 3.18. The summed E-state index contributed by atoms with van der Waals surface area (Å²) in [5, 5.41) is 11.8. The maximum Gasteiger partial charge on any atom is 0.407 e. The summed E-state index contributed by atoms with van der Waals surface area (Å²) in [6.45, 7) is 7.83. The van der Waals surface area contributed by atoms with Crippen LogP contribution in [0.15, 0.2) is 28.7 Å². The highest BCUT2D eigenvalue weighted by atomic mass is 35.5. The number of carbonyl (C=O) groups excluding carboxylic acids is 1. The first kappa shape index (κ1) is 19.6. The minimum atomic E-state index is -0.484. The quantitative estimate of drug-likeness (QED) is 0.850. The molecule has 1 amide bonds. The average molecular weight is 393 g/mol. The second-order valence-corrected chi connectivity index (χ2v) is 8.08. The van der Waals surface area contributed by atoms with Gasteiger partial charge in [-0.05, 0) is 45.7 Å². The van der Waals surface area contributed by atoms with Crippen LogP contribution in [0.5, 0.6) is 0 Å². The predicted molar refractivity (Wildman–Crippen MR) is 102 cm³/mol. The number of hydrogen-bond donors (Lipinski definition) is 1. The van der Waals surface area contributed by atoms with E-state index < -0.39 is 5.60 Å². The first-order valence-corrected chi connectivity index (χ1v) is 9.47. The summed E-state index contributed by atoms with van der Waals surface area (Å²) in [4.78, 5) is 14.1. The molecule has 1 aliphatic rings. The zero-order valence-electron chi connectivity index (χ0n) is 15.9. The van der Waals surface area contributed by atoms with Gasteiger partial charge >= 0.3 is 6.09 Å². The Morgan fingerprint density at radius 1 is 1.30 bits per heavy atom. The normalized spacial score (nSPS) is 16.3. The third kappa shape index (κ3) is 5.68. The maximum atomic E-state index is 11.9. The van der Waals surface area contributed by atoms with E-state index in [4.69, 9.17) is 20.8 Å². The van der Waals surface area contributed by atoms with Crippen molar-refractivity contribution in [3.8, 4) is 11.5 Å². The van der Waals surface area contributed by atoms with Crippen molar-refractivity contribution in [2.24, 2.45) is 0 Å². The summed E-state index contributed by atoms with van der Waals surface area (Å²) in [6.07, 6.45) is 1.34. The van der Waals surface area contributed by atoms with Crippen molar-refractivity contribution in [2.45, 2.75) is 51.8 Å². The van der Waals surface area contributed by atoms with E-state index in [0.29, 0.717) is 23.3 Å². The van der Waals surface area contributed by atoms with Crippen molar-refractivity contribution in [2.75, 3.05) is 13.1 Å². The van der Waals surface area contributed by atoms with Crippen molar-refractivity contribution in [3.63, 3.8) is 0 Å². The first-order valence-electron chi connectivity index (χ1n) is 9.09. The largest absolute Gasteiger partial charge is 0.444 e. The van der Waals surface area contributed by atoms with Crippen molar-refractivity contribution in [3.05, 3.63) is 35.2 Å². The number of alkyl carbamates (subject to hydrolysis) is 1. The lowest BCUT2D eigenvalue weighted by Crippen LogP contribution is -2.45. The first-order chi connectivity index (χ1) is 12.8. The summed E-state index contributed by atoms with van der Waals surface area (Å²) < 4.78 is 11.1. The van der Waals surface area contributed by atoms with E-state index in [0.717, 1.165) is 31.5 Å². The molecule has 0 radical (unpaired) electrons. The van der Waals surface area contributed by atoms with Gasteiger partial charge in [0.05, 0.1) is 17.1 Å². The number of halogens is 1. The molecule has 0 bridgehead atoms. The Balaban J connectivity index is 1.49. The van der Waals surface area contributed by atoms with Crippen molar-refractivity contribution >= 4 is 17.7 Å². The van der Waals surface area contributed by atoms with Crippen LogP contribution in [0.4, 0.5) is 4.79 Å². The van der Waals surface area contributed by atoms with E-state index in [1.165, 1.54) is 0 Å². The van der Waals surface area contributed by atoms with Crippen LogP contribution >= 0.6 is 11.6 Å². The minimum absolute atomic E-state index is 0.123. The lowest BCUT2D eigenvalue weighted by atomic mass is 10.1. The topological polar surface area (TPSA) is 80.5 Å². The molecule has 1 aromatic heterocycles. The smallest absolute Gasteiger partial charge is 0.407 e. The number of nitrogens with one attached hydrogen (secondary N) is 1. The SMILES string of the molecule is CC(C)(C)OC(=O)NC1CCN(Cc2nnc(-c3ccccc3Cl)o2)CC1. The second-order valence-electron chi connectivity index (χ2n) is 7.68. The molecule has 0 atom stereocenters. The van der Waals surface area contributed by atoms with Gasteiger partial charge in [0.2, 0.25) is 11.8 Å². The summed E-state index contributed by atoms with van der Waals surface area (Å²) >= 11 is 6.17. The third-order valence-electron chi connectivity index (χ3n) is 4.24. The van der Waals surface area contributed by atoms with Gasteiger partial charge in [-0.25, -0.2) is 4.79 Å². The fraction of sp³-hybridized carbons (Fsp3) is 0.526. The van der Waals surface area contributed by atoms with Crippen LogP contribution < -0.4 is 5.32 Å². The number of benzene rings is 1. The van der Waals surface area contributed by atoms with Crippen LogP contribution in [0, 0.1) is 0 Å². The third-order valence-corrected chi connectivity index (χ3v) is 4.57. The Morgan fingerprint density at radius 3 is 2.67 bits per heavy atom. The summed E-state index contributed by atoms with van der Waals surface area (Å²) in [6, 6.07) is 7.51. The molecule has 2 heterocycles. The fourth-order valence-electron chi connectivity index (χ4n) is 2.96. The lowest BCUT2D eigenvalue weighted by Gasteiger charge is -2.31. The Hall–Kier alpha value is -2.12. The van der Waals surface area contributed by atoms with Gasteiger partial charge < -0.3 is 14.5 Å². The van der Waals surface area contributed by atoms with Crippen LogP contribution in [0.2, 0.25) is 5.02 Å². The number of aromatic nitrogens is 2. The van der Waals surface area contributed by atoms with Crippen LogP contribution in [-0.2, 0) is 11.3 Å². The van der Waals surface area contributed by atoms with Gasteiger partial charge in [-0.15, -0.1) is 10.2 Å². The average Bonchev–Trinajstić information content (AvgIpc) is 3.03. The van der Waals surface area contributed by atoms with Gasteiger partial charge in [-0.3, -0.25) is 4.90 Å². The van der Waals surface area contributed by atoms with E-state index in [1.807, 2.05) is 39.0 Å². The number of piperidine rings is 1. The Bertz CT molecular complexity index is 779. The van der Waals surface area contributed by atoms with Crippen molar-refractivity contribution in [1.29, 1.82) is 0 Å². The zero-order chi connectivity index (χ0) is 19.4. The molecule has 0 unspecified atom stereocenters. The number of amides is 1. The van der Waals surface area contributed by atoms with Gasteiger partial charge in [0.1, 0.15) is 5.60 Å². The molecule has 146 valence electrons. The molecule has 7 nitrogen and oxygen atoms in total. The number of ether oxygens (including phenoxy) is 1. The van der Waals surface area contributed by atoms with E-state index in [1.54, 1.807) is 6.07 Å². The molecule has 0 spiro atoms. The minimum Gasteiger partial charge on any atom is -0.444 e. The van der Waals surface area contributed by atoms with Gasteiger partial charge in [-0.2, -0.15) is 0 Å². The Morgan fingerprint density at radius 2 is 2.00 bits per heavy atom. The second kappa shape index (κ2) is 8.27. The number of likely N-dealkylation sites (tertiary alicyclic amines) is 1. The van der Waals surface area contributed by atoms with Gasteiger partial charge in [-0.1, -0.05) is 23.7 Å². The molecule has 27 heavy (non-hydrogen) atoms. The van der Waals surface area contributed by atoms with Crippen LogP contribution in [0.1, 0.15) is 39.5 Å². The van der Waals surface area contributed by atoms with Crippen molar-refractivity contribution in [1.82, 2.24) is 20.4 Å². The Kier molecular flexibility index (Phi) is 6.01. The molecule has 8 heteroatoms. The maximum absolute atomic E-state index is 11.9. The highest BCUT2D eigenvalue weighted by molar-refractivity contribution is 6.33. The molecule has 0 aliphatic carbocycles. The molecule has 1 N–H and O–H groups in total. The summed E-state index contributed by atoms with van der Waals surface area (Å²) in [5.74, 6) is 0.987. The summed E-state index contributed by atoms with van der Waals surface area (Å²) in [5.41, 5.74) is 0.250. The highest BCUT2D eigenvalue weighted by Gasteiger charge is 2.24. The zero-order valence-corrected chi connectivity index (χ0v) is 16.6. The molecular formula is C19H25ClN4O3. The monoisotopic (exact) mass is 392 g/mol. The standard InChI is InChI=1S/C19H25ClN4O3/c1-19(2,3)27-18(25)21-13-8-10-24(11-9-13)12-16-22-23-17(26-16)14-6-4-5-7-15(14)20/h4-7,13H,8-12H2,1-3H3,(H,21,25). The number of hydrogen-bond acceptors (Lipinski definition) is 6. The molecular weight excluding hydrogens is 368 g/mol. The lowest BCUT2D eigenvalue weighted by molar-refractivity contribution is 0.0475. The van der Waals surface area contributed by atoms with E-state index >= 15 is 0 Å². The van der Waals surface area contributed by atoms with E-state index in [2.05, 4.69) is 20.4 Å². The molecule has 1 fully saturated rings. The molecule has 3 rings (SSSR count). The van der Waals surface area contributed by atoms with Gasteiger partial charge in [0.15, 0.2) is 0 Å². The molecule has 1 saturated heterocycles. The molecule has 1 aliphatic heterocycles. The molecule has 0 saturated carbocycles. The van der Waals surface area contributed by atoms with E-state index in [9.17, 15) is 4.79 Å². The van der Waals surface area contributed by atoms with Crippen LogP contribution in [0.3, 0.4) is 0 Å². The van der Waals surface area contributed by atoms with Crippen LogP contribution in [-0.4, -0.2) is 45.9 Å². The molecule has 1 aromatic carbocycles. The summed E-state index contributed by atoms with van der Waals surface area (Å²) in [7, 11) is 0. The predicted octanol–water partition coefficient (Wildman–Crippen LogP) is 3.88. The Labute approximate surface area is 164 Å². The van der Waals surface area contributed by atoms with Gasteiger partial charge in [0.25, 0.3) is 0 Å². The number of nitrogens with zero attached hydrogens (tertiary/aromatic N) is 3. The highest BCUT2D eigenvalue weighted by Crippen LogP contribution is 2.26. The van der Waals surface area contributed by atoms with Crippen LogP contribution in [0.25, 0.3) is 11.5 Å². The van der Waals surface area contributed by atoms with Crippen molar-refractivity contribution < 1.29 is 13.9 Å². The number of carbonyl (C=O) groups is 1.